The van der Waals surface area contributed by atoms with Gasteiger partial charge in [0, 0.05) is 32.1 Å². The maximum atomic E-state index is 11.5. The normalized spacial score (nSPS) is 16.3. The van der Waals surface area contributed by atoms with Gasteiger partial charge < -0.3 is 10.2 Å². The van der Waals surface area contributed by atoms with Gasteiger partial charge in [-0.3, -0.25) is 4.79 Å². The smallest absolute Gasteiger partial charge is 0.222 e. The lowest BCUT2D eigenvalue weighted by molar-refractivity contribution is -0.131. The van der Waals surface area contributed by atoms with Crippen LogP contribution in [0.15, 0.2) is 0 Å². The topological polar surface area (TPSA) is 56.1 Å². The summed E-state index contributed by atoms with van der Waals surface area (Å²) in [6, 6.07) is 2.74. The van der Waals surface area contributed by atoms with Crippen molar-refractivity contribution in [1.82, 2.24) is 10.2 Å². The first-order valence-electron chi connectivity index (χ1n) is 7.41. The van der Waals surface area contributed by atoms with Crippen molar-refractivity contribution in [2.45, 2.75) is 59.9 Å². The molecule has 4 heteroatoms. The van der Waals surface area contributed by atoms with Crippen LogP contribution in [-0.2, 0) is 4.79 Å². The number of carbonyl (C=O) groups is 1. The van der Waals surface area contributed by atoms with E-state index < -0.39 is 0 Å². The maximum Gasteiger partial charge on any atom is 0.222 e. The molecule has 0 aliphatic carbocycles. The molecule has 1 aliphatic rings. The SMILES string of the molecule is CC.CCC(=O)N1CCC(NCC(C)(C)C#N)CC1. The molecule has 1 rings (SSSR count). The molecular weight excluding hydrogens is 238 g/mol. The molecule has 1 aliphatic heterocycles. The molecule has 1 heterocycles. The van der Waals surface area contributed by atoms with Crippen molar-refractivity contribution in [1.29, 1.82) is 5.26 Å². The van der Waals surface area contributed by atoms with Crippen LogP contribution in [0.5, 0.6) is 0 Å². The number of hydrogen-bond acceptors (Lipinski definition) is 3. The van der Waals surface area contributed by atoms with E-state index >= 15 is 0 Å². The molecule has 0 atom stereocenters. The van der Waals surface area contributed by atoms with E-state index in [1.54, 1.807) is 0 Å². The van der Waals surface area contributed by atoms with Crippen LogP contribution in [0.2, 0.25) is 0 Å². The Bertz CT molecular complexity index is 299. The molecule has 0 unspecified atom stereocenters. The average Bonchev–Trinajstić information content (AvgIpc) is 2.47. The number of carbonyl (C=O) groups excluding carboxylic acids is 1. The van der Waals surface area contributed by atoms with Crippen molar-refractivity contribution >= 4 is 5.91 Å². The van der Waals surface area contributed by atoms with Gasteiger partial charge in [-0.1, -0.05) is 20.8 Å². The van der Waals surface area contributed by atoms with Gasteiger partial charge in [0.2, 0.25) is 5.91 Å². The van der Waals surface area contributed by atoms with E-state index in [4.69, 9.17) is 5.26 Å². The zero-order chi connectivity index (χ0) is 14.9. The Hall–Kier alpha value is -1.08. The van der Waals surface area contributed by atoms with E-state index in [0.29, 0.717) is 12.5 Å². The van der Waals surface area contributed by atoms with Crippen molar-refractivity contribution in [3.63, 3.8) is 0 Å². The van der Waals surface area contributed by atoms with Gasteiger partial charge in [-0.25, -0.2) is 0 Å². The Morgan fingerprint density at radius 3 is 2.32 bits per heavy atom. The van der Waals surface area contributed by atoms with Gasteiger partial charge in [-0.2, -0.15) is 5.26 Å². The molecule has 0 radical (unpaired) electrons. The van der Waals surface area contributed by atoms with Crippen LogP contribution in [0.1, 0.15) is 53.9 Å². The third-order valence-electron chi connectivity index (χ3n) is 3.29. The van der Waals surface area contributed by atoms with Crippen LogP contribution in [0.3, 0.4) is 0 Å². The zero-order valence-corrected chi connectivity index (χ0v) is 13.1. The van der Waals surface area contributed by atoms with Gasteiger partial charge in [0.15, 0.2) is 0 Å². The van der Waals surface area contributed by atoms with Crippen molar-refractivity contribution in [3.8, 4) is 6.07 Å². The van der Waals surface area contributed by atoms with E-state index in [9.17, 15) is 4.79 Å². The van der Waals surface area contributed by atoms with Crippen molar-refractivity contribution in [2.75, 3.05) is 19.6 Å². The first-order chi connectivity index (χ1) is 8.98. The highest BCUT2D eigenvalue weighted by Crippen LogP contribution is 2.15. The van der Waals surface area contributed by atoms with Crippen molar-refractivity contribution in [2.24, 2.45) is 5.41 Å². The summed E-state index contributed by atoms with van der Waals surface area (Å²) in [4.78, 5) is 13.4. The summed E-state index contributed by atoms with van der Waals surface area (Å²) in [5.74, 6) is 0.251. The molecular formula is C15H29N3O. The zero-order valence-electron chi connectivity index (χ0n) is 13.1. The fourth-order valence-electron chi connectivity index (χ4n) is 2.00. The molecule has 0 saturated carbocycles. The summed E-state index contributed by atoms with van der Waals surface area (Å²) < 4.78 is 0. The summed E-state index contributed by atoms with van der Waals surface area (Å²) in [7, 11) is 0. The highest BCUT2D eigenvalue weighted by atomic mass is 16.2. The van der Waals surface area contributed by atoms with E-state index in [0.717, 1.165) is 32.5 Å². The van der Waals surface area contributed by atoms with Crippen LogP contribution >= 0.6 is 0 Å². The van der Waals surface area contributed by atoms with Crippen LogP contribution in [0, 0.1) is 16.7 Å². The number of likely N-dealkylation sites (tertiary alicyclic amines) is 1. The average molecular weight is 267 g/mol. The molecule has 19 heavy (non-hydrogen) atoms. The van der Waals surface area contributed by atoms with Crippen molar-refractivity contribution < 1.29 is 4.79 Å². The number of nitriles is 1. The number of piperidine rings is 1. The fourth-order valence-corrected chi connectivity index (χ4v) is 2.00. The van der Waals surface area contributed by atoms with E-state index in [-0.39, 0.29) is 11.3 Å². The Morgan fingerprint density at radius 2 is 1.89 bits per heavy atom. The molecule has 0 aromatic heterocycles. The molecule has 1 amide bonds. The summed E-state index contributed by atoms with van der Waals surface area (Å²) >= 11 is 0. The van der Waals surface area contributed by atoms with Gasteiger partial charge in [-0.15, -0.1) is 0 Å². The van der Waals surface area contributed by atoms with E-state index in [2.05, 4.69) is 11.4 Å². The highest BCUT2D eigenvalue weighted by Gasteiger charge is 2.24. The molecule has 4 nitrogen and oxygen atoms in total. The van der Waals surface area contributed by atoms with E-state index in [1.807, 2.05) is 39.5 Å². The lowest BCUT2D eigenvalue weighted by Crippen LogP contribution is -2.46. The van der Waals surface area contributed by atoms with Gasteiger partial charge in [0.05, 0.1) is 11.5 Å². The lowest BCUT2D eigenvalue weighted by atomic mass is 9.94. The predicted molar refractivity (Wildman–Crippen MR) is 78.6 cm³/mol. The van der Waals surface area contributed by atoms with Crippen LogP contribution in [0.25, 0.3) is 0 Å². The third-order valence-corrected chi connectivity index (χ3v) is 3.29. The number of nitrogens with one attached hydrogen (secondary N) is 1. The van der Waals surface area contributed by atoms with Gasteiger partial charge in [-0.05, 0) is 26.7 Å². The van der Waals surface area contributed by atoms with E-state index in [1.165, 1.54) is 0 Å². The molecule has 1 saturated heterocycles. The van der Waals surface area contributed by atoms with Crippen LogP contribution in [-0.4, -0.2) is 36.5 Å². The fraction of sp³-hybridized carbons (Fsp3) is 0.867. The molecule has 0 aromatic carbocycles. The summed E-state index contributed by atoms with van der Waals surface area (Å²) in [5.41, 5.74) is -0.309. The highest BCUT2D eigenvalue weighted by molar-refractivity contribution is 5.75. The number of rotatable bonds is 4. The van der Waals surface area contributed by atoms with Gasteiger partial charge in [0.25, 0.3) is 0 Å². The summed E-state index contributed by atoms with van der Waals surface area (Å²) in [6.45, 7) is 12.2. The molecule has 0 spiro atoms. The standard InChI is InChI=1S/C13H23N3O.C2H6/c1-4-12(17)16-7-5-11(6-8-16)15-10-13(2,3)9-14;1-2/h11,15H,4-8,10H2,1-3H3;1-2H3. The summed E-state index contributed by atoms with van der Waals surface area (Å²) in [5, 5.41) is 12.4. The Kier molecular flexibility index (Phi) is 8.42. The second-order valence-electron chi connectivity index (χ2n) is 5.39. The predicted octanol–water partition coefficient (Wildman–Crippen LogP) is 2.55. The molecule has 110 valence electrons. The molecule has 1 fully saturated rings. The quantitative estimate of drug-likeness (QED) is 0.851. The Balaban J connectivity index is 0.00000154. The summed E-state index contributed by atoms with van der Waals surface area (Å²) in [6.07, 6.45) is 2.58. The van der Waals surface area contributed by atoms with Gasteiger partial charge in [0.1, 0.15) is 0 Å². The van der Waals surface area contributed by atoms with Crippen LogP contribution < -0.4 is 5.32 Å². The number of nitrogens with zero attached hydrogens (tertiary/aromatic N) is 2. The minimum atomic E-state index is -0.309. The molecule has 1 N–H and O–H groups in total. The molecule has 0 bridgehead atoms. The molecule has 0 aromatic rings. The van der Waals surface area contributed by atoms with Crippen molar-refractivity contribution in [3.05, 3.63) is 0 Å². The van der Waals surface area contributed by atoms with Crippen LogP contribution in [0.4, 0.5) is 0 Å². The number of hydrogen-bond donors (Lipinski definition) is 1. The monoisotopic (exact) mass is 267 g/mol. The first-order valence-corrected chi connectivity index (χ1v) is 7.41. The van der Waals surface area contributed by atoms with Gasteiger partial charge >= 0.3 is 0 Å². The third kappa shape index (κ3) is 6.58. The number of amides is 1. The Morgan fingerprint density at radius 1 is 1.37 bits per heavy atom. The largest absolute Gasteiger partial charge is 0.343 e. The second-order valence-corrected chi connectivity index (χ2v) is 5.39. The maximum absolute atomic E-state index is 11.5. The lowest BCUT2D eigenvalue weighted by Gasteiger charge is -2.33. The Labute approximate surface area is 118 Å². The minimum absolute atomic E-state index is 0.251. The second kappa shape index (κ2) is 8.92. The minimum Gasteiger partial charge on any atom is -0.343 e. The first kappa shape index (κ1) is 17.9.